The average molecular weight is 390 g/mol. The number of amides is 1. The first kappa shape index (κ1) is 17.9. The predicted octanol–water partition coefficient (Wildman–Crippen LogP) is 2.32. The molecule has 7 heteroatoms. The number of carbonyl (C=O) groups excluding carboxylic acids is 1. The van der Waals surface area contributed by atoms with E-state index in [9.17, 15) is 9.59 Å². The van der Waals surface area contributed by atoms with Gasteiger partial charge in [-0.1, -0.05) is 35.5 Å². The molecular formula is C22H22N4O3. The van der Waals surface area contributed by atoms with Gasteiger partial charge >= 0.3 is 0 Å². The van der Waals surface area contributed by atoms with Gasteiger partial charge in [0.05, 0.1) is 5.56 Å². The third-order valence-corrected chi connectivity index (χ3v) is 5.95. The van der Waals surface area contributed by atoms with Crippen LogP contribution in [0, 0.1) is 5.92 Å². The fourth-order valence-electron chi connectivity index (χ4n) is 4.30. The molecule has 29 heavy (non-hydrogen) atoms. The molecule has 3 aliphatic rings. The van der Waals surface area contributed by atoms with E-state index in [1.807, 2.05) is 30.3 Å². The molecule has 3 fully saturated rings. The van der Waals surface area contributed by atoms with E-state index >= 15 is 0 Å². The molecule has 7 nitrogen and oxygen atoms in total. The van der Waals surface area contributed by atoms with Gasteiger partial charge < -0.3 is 14.7 Å². The van der Waals surface area contributed by atoms with Crippen LogP contribution < -0.4 is 10.9 Å². The highest BCUT2D eigenvalue weighted by Gasteiger charge is 2.35. The molecule has 1 aromatic carbocycles. The number of nitrogens with zero attached hydrogens (tertiary/aromatic N) is 3. The van der Waals surface area contributed by atoms with E-state index in [-0.39, 0.29) is 23.4 Å². The third kappa shape index (κ3) is 3.49. The Bertz CT molecular complexity index is 1080. The molecule has 1 N–H and O–H groups in total. The summed E-state index contributed by atoms with van der Waals surface area (Å²) in [6.07, 6.45) is 3.78. The molecule has 3 aromatic rings. The summed E-state index contributed by atoms with van der Waals surface area (Å²) in [7, 11) is 0. The fraction of sp³-hybridized carbons (Fsp3) is 0.318. The van der Waals surface area contributed by atoms with Crippen molar-refractivity contribution in [3.63, 3.8) is 0 Å². The number of hydrogen-bond acceptors (Lipinski definition) is 5. The van der Waals surface area contributed by atoms with Crippen LogP contribution >= 0.6 is 0 Å². The number of benzene rings is 1. The van der Waals surface area contributed by atoms with Gasteiger partial charge in [0, 0.05) is 36.5 Å². The third-order valence-electron chi connectivity index (χ3n) is 5.95. The molecule has 148 valence electrons. The molecule has 3 saturated heterocycles. The molecule has 2 aromatic heterocycles. The van der Waals surface area contributed by atoms with Crippen molar-refractivity contribution in [2.75, 3.05) is 19.6 Å². The van der Waals surface area contributed by atoms with Crippen molar-refractivity contribution < 1.29 is 9.32 Å². The van der Waals surface area contributed by atoms with Crippen molar-refractivity contribution in [1.82, 2.24) is 19.9 Å². The number of carbonyl (C=O) groups is 1. The second-order valence-electron chi connectivity index (χ2n) is 7.76. The van der Waals surface area contributed by atoms with Gasteiger partial charge in [-0.15, -0.1) is 0 Å². The molecule has 3 aliphatic heterocycles. The van der Waals surface area contributed by atoms with E-state index in [4.69, 9.17) is 4.52 Å². The maximum atomic E-state index is 12.8. The van der Waals surface area contributed by atoms with Gasteiger partial charge in [-0.3, -0.25) is 14.2 Å². The van der Waals surface area contributed by atoms with Crippen molar-refractivity contribution in [1.29, 1.82) is 0 Å². The Morgan fingerprint density at radius 1 is 1.10 bits per heavy atom. The van der Waals surface area contributed by atoms with Gasteiger partial charge in [0.25, 0.3) is 11.5 Å². The number of pyridine rings is 1. The molecule has 1 amide bonds. The van der Waals surface area contributed by atoms with Crippen LogP contribution in [0.5, 0.6) is 0 Å². The zero-order valence-electron chi connectivity index (χ0n) is 16.0. The van der Waals surface area contributed by atoms with E-state index in [0.29, 0.717) is 17.2 Å². The molecule has 0 spiro atoms. The Hall–Kier alpha value is -3.19. The lowest BCUT2D eigenvalue weighted by molar-refractivity contribution is 0.0620. The van der Waals surface area contributed by atoms with E-state index in [2.05, 4.69) is 15.4 Å². The number of fused-ring (bicyclic) bond motifs is 3. The van der Waals surface area contributed by atoms with Gasteiger partial charge in [0.2, 0.25) is 5.88 Å². The first-order valence-electron chi connectivity index (χ1n) is 9.96. The molecular weight excluding hydrogens is 368 g/mol. The monoisotopic (exact) mass is 390 g/mol. The molecule has 2 bridgehead atoms. The molecule has 0 radical (unpaired) electrons. The summed E-state index contributed by atoms with van der Waals surface area (Å²) >= 11 is 0. The lowest BCUT2D eigenvalue weighted by Gasteiger charge is -2.44. The van der Waals surface area contributed by atoms with Crippen LogP contribution in [0.4, 0.5) is 0 Å². The summed E-state index contributed by atoms with van der Waals surface area (Å²) in [5, 5.41) is 7.21. The molecule has 6 rings (SSSR count). The van der Waals surface area contributed by atoms with Crippen molar-refractivity contribution in [2.24, 2.45) is 5.92 Å². The zero-order valence-corrected chi connectivity index (χ0v) is 16.0. The summed E-state index contributed by atoms with van der Waals surface area (Å²) in [6, 6.07) is 14.4. The minimum atomic E-state index is -0.278. The normalized spacial score (nSPS) is 23.1. The van der Waals surface area contributed by atoms with E-state index < -0.39 is 0 Å². The van der Waals surface area contributed by atoms with Gasteiger partial charge in [0.1, 0.15) is 5.69 Å². The van der Waals surface area contributed by atoms with Gasteiger partial charge in [-0.05, 0) is 37.9 Å². The molecule has 1 atom stereocenters. The number of aromatic nitrogens is 2. The summed E-state index contributed by atoms with van der Waals surface area (Å²) in [6.45, 7) is 3.15. The van der Waals surface area contributed by atoms with Crippen LogP contribution in [0.1, 0.15) is 23.2 Å². The average Bonchev–Trinajstić information content (AvgIpc) is 3.25. The minimum absolute atomic E-state index is 0.166. The Morgan fingerprint density at radius 3 is 2.62 bits per heavy atom. The van der Waals surface area contributed by atoms with Crippen LogP contribution in [-0.4, -0.2) is 46.2 Å². The van der Waals surface area contributed by atoms with E-state index in [0.717, 1.165) is 38.0 Å². The molecule has 0 saturated carbocycles. The number of piperidine rings is 3. The minimum Gasteiger partial charge on any atom is -0.348 e. The maximum Gasteiger partial charge on any atom is 0.257 e. The first-order chi connectivity index (χ1) is 14.2. The lowest BCUT2D eigenvalue weighted by Crippen LogP contribution is -2.57. The number of nitrogens with one attached hydrogen (secondary N) is 1. The Labute approximate surface area is 167 Å². The highest BCUT2D eigenvalue weighted by Crippen LogP contribution is 2.27. The highest BCUT2D eigenvalue weighted by atomic mass is 16.5. The topological polar surface area (TPSA) is 80.4 Å². The maximum absolute atomic E-state index is 12.8. The Kier molecular flexibility index (Phi) is 4.52. The van der Waals surface area contributed by atoms with Crippen molar-refractivity contribution in [2.45, 2.75) is 18.9 Å². The van der Waals surface area contributed by atoms with Crippen LogP contribution in [0.2, 0.25) is 0 Å². The second-order valence-corrected chi connectivity index (χ2v) is 7.76. The first-order valence-corrected chi connectivity index (χ1v) is 9.96. The summed E-state index contributed by atoms with van der Waals surface area (Å²) in [5.74, 6) is 0.657. The van der Waals surface area contributed by atoms with E-state index in [1.165, 1.54) is 16.8 Å². The van der Waals surface area contributed by atoms with Gasteiger partial charge in [0.15, 0.2) is 0 Å². The van der Waals surface area contributed by atoms with E-state index in [1.54, 1.807) is 12.1 Å². The summed E-state index contributed by atoms with van der Waals surface area (Å²) in [4.78, 5) is 27.6. The van der Waals surface area contributed by atoms with Crippen molar-refractivity contribution in [3.05, 3.63) is 70.6 Å². The molecule has 0 aliphatic carbocycles. The van der Waals surface area contributed by atoms with Crippen molar-refractivity contribution in [3.8, 4) is 17.1 Å². The van der Waals surface area contributed by atoms with Crippen LogP contribution in [0.3, 0.4) is 0 Å². The lowest BCUT2D eigenvalue weighted by atomic mass is 9.84. The number of hydrogen-bond donors (Lipinski definition) is 1. The fourth-order valence-corrected chi connectivity index (χ4v) is 4.30. The summed E-state index contributed by atoms with van der Waals surface area (Å²) in [5.41, 5.74) is 1.68. The van der Waals surface area contributed by atoms with Gasteiger partial charge in [-0.25, -0.2) is 0 Å². The van der Waals surface area contributed by atoms with Crippen LogP contribution in [0.15, 0.2) is 64.0 Å². The highest BCUT2D eigenvalue weighted by molar-refractivity contribution is 5.94. The number of rotatable bonds is 4. The summed E-state index contributed by atoms with van der Waals surface area (Å²) < 4.78 is 6.71. The SMILES string of the molecule is O=C(NC1CN2CCC1CC2)c1ccc(=O)n(-c2cc(-c3ccccc3)no2)c1. The Balaban J connectivity index is 1.38. The predicted molar refractivity (Wildman–Crippen MR) is 108 cm³/mol. The smallest absolute Gasteiger partial charge is 0.257 e. The second kappa shape index (κ2) is 7.33. The van der Waals surface area contributed by atoms with Gasteiger partial charge in [-0.2, -0.15) is 0 Å². The quantitative estimate of drug-likeness (QED) is 0.740. The van der Waals surface area contributed by atoms with Crippen molar-refractivity contribution >= 4 is 5.91 Å². The zero-order chi connectivity index (χ0) is 19.8. The standard InChI is InChI=1S/C22H22N4O3/c27-20-7-6-17(22(28)23-19-14-25-10-8-16(19)9-11-25)13-26(20)21-12-18(24-29-21)15-4-2-1-3-5-15/h1-7,12-13,16,19H,8-11,14H2,(H,23,28). The molecule has 1 unspecified atom stereocenters. The molecule has 5 heterocycles. The Morgan fingerprint density at radius 2 is 1.90 bits per heavy atom. The van der Waals surface area contributed by atoms with Crippen LogP contribution in [-0.2, 0) is 0 Å². The largest absolute Gasteiger partial charge is 0.348 e. The van der Waals surface area contributed by atoms with Crippen LogP contribution in [0.25, 0.3) is 17.1 Å².